The van der Waals surface area contributed by atoms with Gasteiger partial charge in [-0.2, -0.15) is 5.10 Å². The first-order valence-corrected chi connectivity index (χ1v) is 16.9. The number of rotatable bonds is 12. The first kappa shape index (κ1) is 28.7. The molecule has 6 rings (SSSR count). The molecule has 42 heavy (non-hydrogen) atoms. The van der Waals surface area contributed by atoms with Gasteiger partial charge in [0, 0.05) is 43.5 Å². The monoisotopic (exact) mass is 608 g/mol. The summed E-state index contributed by atoms with van der Waals surface area (Å²) in [5.41, 5.74) is 3.17. The third-order valence-electron chi connectivity index (χ3n) is 8.01. The Morgan fingerprint density at radius 3 is 2.62 bits per heavy atom. The molecule has 0 unspecified atom stereocenters. The maximum absolute atomic E-state index is 13.5. The largest absolute Gasteiger partial charge is 0.354 e. The standard InChI is InChI=1S/C29H36N8O3S2/c1-4-35(5-2)19(3)15-30-29(38)20-13-25(23-16-31-37-11-10-24(33-28(23)37)26-7-6-12-41-26)32-27(14-20)36-17-22(18-36)42(39,40)34-21-8-9-21/h6-7,10-14,16,19,21-22,34H,4-5,8-9,15,17-18H2,1-3H3,(H,30,38)/t19-/m0/s1. The van der Waals surface area contributed by atoms with Crippen LogP contribution in [0.15, 0.2) is 48.1 Å². The molecule has 222 valence electrons. The number of pyridine rings is 1. The van der Waals surface area contributed by atoms with E-state index in [1.54, 1.807) is 34.2 Å². The van der Waals surface area contributed by atoms with Gasteiger partial charge in [-0.1, -0.05) is 19.9 Å². The average Bonchev–Trinajstić information content (AvgIpc) is 3.41. The summed E-state index contributed by atoms with van der Waals surface area (Å²) in [5, 5.41) is 9.07. The first-order valence-electron chi connectivity index (χ1n) is 14.4. The van der Waals surface area contributed by atoms with Crippen LogP contribution in [0.1, 0.15) is 44.0 Å². The van der Waals surface area contributed by atoms with Crippen molar-refractivity contribution in [3.63, 3.8) is 0 Å². The van der Waals surface area contributed by atoms with E-state index in [4.69, 9.17) is 9.97 Å². The molecule has 1 aliphatic carbocycles. The zero-order valence-corrected chi connectivity index (χ0v) is 25.7. The van der Waals surface area contributed by atoms with E-state index in [9.17, 15) is 13.2 Å². The summed E-state index contributed by atoms with van der Waals surface area (Å²) in [6.07, 6.45) is 5.36. The van der Waals surface area contributed by atoms with Gasteiger partial charge in [0.2, 0.25) is 10.0 Å². The van der Waals surface area contributed by atoms with Crippen molar-refractivity contribution in [1.29, 1.82) is 0 Å². The number of carbonyl (C=O) groups excluding carboxylic acids is 1. The van der Waals surface area contributed by atoms with Crippen LogP contribution in [-0.4, -0.2) is 88.9 Å². The van der Waals surface area contributed by atoms with Crippen LogP contribution < -0.4 is 14.9 Å². The summed E-state index contributed by atoms with van der Waals surface area (Å²) in [4.78, 5) is 28.5. The predicted octanol–water partition coefficient (Wildman–Crippen LogP) is 3.25. The molecule has 1 saturated carbocycles. The topological polar surface area (TPSA) is 125 Å². The van der Waals surface area contributed by atoms with Crippen molar-refractivity contribution < 1.29 is 13.2 Å². The van der Waals surface area contributed by atoms with Gasteiger partial charge in [0.05, 0.1) is 28.0 Å². The third-order valence-corrected chi connectivity index (χ3v) is 10.7. The van der Waals surface area contributed by atoms with E-state index in [0.29, 0.717) is 47.9 Å². The summed E-state index contributed by atoms with van der Waals surface area (Å²) < 4.78 is 30.0. The predicted molar refractivity (Wildman–Crippen MR) is 165 cm³/mol. The molecule has 4 aromatic rings. The maximum Gasteiger partial charge on any atom is 0.251 e. The first-order chi connectivity index (χ1) is 20.3. The van der Waals surface area contributed by atoms with Gasteiger partial charge < -0.3 is 10.2 Å². The minimum atomic E-state index is -3.39. The number of fused-ring (bicyclic) bond motifs is 1. The molecule has 0 bridgehead atoms. The molecule has 0 radical (unpaired) electrons. The second-order valence-electron chi connectivity index (χ2n) is 11.0. The molecule has 1 aliphatic heterocycles. The Hall–Kier alpha value is -3.39. The molecule has 5 heterocycles. The fraction of sp³-hybridized carbons (Fsp3) is 0.448. The van der Waals surface area contributed by atoms with Crippen molar-refractivity contribution in [2.75, 3.05) is 37.6 Å². The molecular formula is C29H36N8O3S2. The van der Waals surface area contributed by atoms with Crippen LogP contribution in [0.3, 0.4) is 0 Å². The molecule has 13 heteroatoms. The van der Waals surface area contributed by atoms with E-state index in [-0.39, 0.29) is 18.0 Å². The lowest BCUT2D eigenvalue weighted by Gasteiger charge is -2.39. The molecule has 2 aliphatic rings. The van der Waals surface area contributed by atoms with Crippen molar-refractivity contribution in [1.82, 2.24) is 34.5 Å². The Bertz CT molecular complexity index is 1670. The molecule has 2 fully saturated rings. The number of amides is 1. The molecule has 4 aromatic heterocycles. The molecule has 2 N–H and O–H groups in total. The number of hydrogen-bond acceptors (Lipinski definition) is 9. The summed E-state index contributed by atoms with van der Waals surface area (Å²) in [5.74, 6) is 0.351. The Morgan fingerprint density at radius 2 is 1.93 bits per heavy atom. The fourth-order valence-electron chi connectivity index (χ4n) is 5.23. The number of sulfonamides is 1. The second kappa shape index (κ2) is 11.7. The summed E-state index contributed by atoms with van der Waals surface area (Å²) in [6.45, 7) is 9.26. The zero-order valence-electron chi connectivity index (χ0n) is 24.0. The van der Waals surface area contributed by atoms with Crippen LogP contribution in [0.25, 0.3) is 27.5 Å². The lowest BCUT2D eigenvalue weighted by molar-refractivity contribution is 0.0938. The highest BCUT2D eigenvalue weighted by molar-refractivity contribution is 7.90. The molecule has 11 nitrogen and oxygen atoms in total. The molecule has 0 aromatic carbocycles. The summed E-state index contributed by atoms with van der Waals surface area (Å²) in [6, 6.07) is 9.69. The number of anilines is 1. The number of nitrogens with zero attached hydrogens (tertiary/aromatic N) is 6. The van der Waals surface area contributed by atoms with Gasteiger partial charge in [-0.15, -0.1) is 11.3 Å². The van der Waals surface area contributed by atoms with E-state index >= 15 is 0 Å². The van der Waals surface area contributed by atoms with Crippen molar-refractivity contribution in [2.24, 2.45) is 0 Å². The minimum Gasteiger partial charge on any atom is -0.354 e. The van der Waals surface area contributed by atoms with Gasteiger partial charge in [0.25, 0.3) is 5.91 Å². The zero-order chi connectivity index (χ0) is 29.4. The van der Waals surface area contributed by atoms with Crippen molar-refractivity contribution in [3.8, 4) is 21.8 Å². The van der Waals surface area contributed by atoms with Crippen molar-refractivity contribution in [2.45, 2.75) is 50.9 Å². The third kappa shape index (κ3) is 5.91. The SMILES string of the molecule is CCN(CC)[C@@H](C)CNC(=O)c1cc(-c2cnn3ccc(-c4cccs4)nc23)nc(N2CC(S(=O)(=O)NC3CC3)C2)c1. The van der Waals surface area contributed by atoms with Crippen LogP contribution in [0.2, 0.25) is 0 Å². The number of hydrogen-bond donors (Lipinski definition) is 2. The molecule has 1 saturated heterocycles. The smallest absolute Gasteiger partial charge is 0.251 e. The van der Waals surface area contributed by atoms with Crippen molar-refractivity contribution >= 4 is 38.7 Å². The number of thiophene rings is 1. The van der Waals surface area contributed by atoms with Crippen LogP contribution in [0.4, 0.5) is 5.82 Å². The van der Waals surface area contributed by atoms with Gasteiger partial charge in [0.1, 0.15) is 11.1 Å². The normalized spacial score (nSPS) is 16.6. The van der Waals surface area contributed by atoms with Gasteiger partial charge in [0.15, 0.2) is 5.65 Å². The lowest BCUT2D eigenvalue weighted by atomic mass is 10.1. The number of carbonyl (C=O) groups is 1. The molecule has 1 atom stereocenters. The van der Waals surface area contributed by atoms with E-state index in [1.807, 2.05) is 34.7 Å². The van der Waals surface area contributed by atoms with Gasteiger partial charge >= 0.3 is 0 Å². The number of likely N-dealkylation sites (N-methyl/N-ethyl adjacent to an activating group) is 1. The Labute approximate surface area is 250 Å². The van der Waals surface area contributed by atoms with Crippen LogP contribution in [0, 0.1) is 0 Å². The highest BCUT2D eigenvalue weighted by atomic mass is 32.2. The highest BCUT2D eigenvalue weighted by Gasteiger charge is 2.41. The number of nitrogens with one attached hydrogen (secondary N) is 2. The Balaban J connectivity index is 1.31. The van der Waals surface area contributed by atoms with Crippen LogP contribution in [0.5, 0.6) is 0 Å². The second-order valence-corrected chi connectivity index (χ2v) is 13.9. The fourth-order valence-corrected chi connectivity index (χ4v) is 7.57. The lowest BCUT2D eigenvalue weighted by Crippen LogP contribution is -2.58. The van der Waals surface area contributed by atoms with E-state index in [2.05, 4.69) is 40.8 Å². The van der Waals surface area contributed by atoms with Crippen LogP contribution in [-0.2, 0) is 10.0 Å². The van der Waals surface area contributed by atoms with Gasteiger partial charge in [-0.05, 0) is 62.5 Å². The van der Waals surface area contributed by atoms with E-state index in [1.165, 1.54) is 0 Å². The van der Waals surface area contributed by atoms with Gasteiger partial charge in [-0.3, -0.25) is 9.69 Å². The Morgan fingerprint density at radius 1 is 1.14 bits per heavy atom. The van der Waals surface area contributed by atoms with Crippen molar-refractivity contribution in [3.05, 3.63) is 53.7 Å². The minimum absolute atomic E-state index is 0.0710. The van der Waals surface area contributed by atoms with Gasteiger partial charge in [-0.25, -0.2) is 27.6 Å². The van der Waals surface area contributed by atoms with E-state index < -0.39 is 15.3 Å². The Kier molecular flexibility index (Phi) is 8.01. The quantitative estimate of drug-likeness (QED) is 0.251. The molecule has 1 amide bonds. The van der Waals surface area contributed by atoms with E-state index in [0.717, 1.165) is 36.5 Å². The summed E-state index contributed by atoms with van der Waals surface area (Å²) >= 11 is 1.61. The molecular weight excluding hydrogens is 573 g/mol. The van der Waals surface area contributed by atoms with Crippen LogP contribution >= 0.6 is 11.3 Å². The highest BCUT2D eigenvalue weighted by Crippen LogP contribution is 2.31. The molecule has 0 spiro atoms. The average molecular weight is 609 g/mol. The summed E-state index contributed by atoms with van der Waals surface area (Å²) in [7, 11) is -3.39. The maximum atomic E-state index is 13.5. The number of aromatic nitrogens is 4.